The van der Waals surface area contributed by atoms with Gasteiger partial charge in [-0.25, -0.2) is 19.6 Å². The van der Waals surface area contributed by atoms with Crippen LogP contribution in [0, 0.1) is 11.6 Å². The zero-order chi connectivity index (χ0) is 14.9. The second-order valence-corrected chi connectivity index (χ2v) is 4.51. The Balaban J connectivity index is 2.47. The predicted octanol–water partition coefficient (Wildman–Crippen LogP) is -0.421. The summed E-state index contributed by atoms with van der Waals surface area (Å²) in [5.74, 6) is 2.76. The van der Waals surface area contributed by atoms with E-state index in [1.807, 2.05) is 5.43 Å². The van der Waals surface area contributed by atoms with E-state index >= 15 is 0 Å². The summed E-state index contributed by atoms with van der Waals surface area (Å²) in [7, 11) is 1.40. The number of pyridine rings is 1. The van der Waals surface area contributed by atoms with Crippen LogP contribution in [0.2, 0.25) is 0 Å². The Morgan fingerprint density at radius 2 is 2.05 bits per heavy atom. The minimum Gasteiger partial charge on any atom is -0.306 e. The maximum absolute atomic E-state index is 13.6. The lowest BCUT2D eigenvalue weighted by Crippen LogP contribution is -2.33. The van der Waals surface area contributed by atoms with Crippen molar-refractivity contribution in [3.8, 4) is 0 Å². The van der Waals surface area contributed by atoms with Gasteiger partial charge in [0.25, 0.3) is 0 Å². The topological polar surface area (TPSA) is 119 Å². The molecule has 0 aromatic carbocycles. The number of hydrazine groups is 1. The predicted molar refractivity (Wildman–Crippen MR) is 66.2 cm³/mol. The van der Waals surface area contributed by atoms with E-state index in [0.29, 0.717) is 17.8 Å². The van der Waals surface area contributed by atoms with Crippen LogP contribution in [-0.4, -0.2) is 19.7 Å². The van der Waals surface area contributed by atoms with Crippen molar-refractivity contribution >= 4 is 17.6 Å². The lowest BCUT2D eigenvalue weighted by Gasteiger charge is -2.08. The fraction of sp³-hybridized carbons (Fsp3) is 0.111. The van der Waals surface area contributed by atoms with Crippen LogP contribution in [0.15, 0.2) is 25.8 Å². The molecular weight excluding hydrogens is 294 g/mol. The molecule has 0 atom stereocenters. The highest BCUT2D eigenvalue weighted by molar-refractivity contribution is 7.99. The van der Waals surface area contributed by atoms with Gasteiger partial charge in [0, 0.05) is 13.1 Å². The molecule has 2 rings (SSSR count). The first-order valence-corrected chi connectivity index (χ1v) is 5.92. The largest absolute Gasteiger partial charge is 0.339 e. The van der Waals surface area contributed by atoms with Gasteiger partial charge in [-0.15, -0.1) is 0 Å². The average molecular weight is 302 g/mol. The first-order valence-electron chi connectivity index (χ1n) is 5.10. The Morgan fingerprint density at radius 3 is 2.70 bits per heavy atom. The van der Waals surface area contributed by atoms with E-state index in [4.69, 9.17) is 5.84 Å². The van der Waals surface area contributed by atoms with Gasteiger partial charge in [-0.3, -0.25) is 19.4 Å². The molecule has 0 saturated carbocycles. The minimum absolute atomic E-state index is 0.0180. The Labute approximate surface area is 114 Å². The van der Waals surface area contributed by atoms with E-state index < -0.39 is 22.8 Å². The SMILES string of the molecule is Cn1[nH]c(=O)c(=O)nc1Sc1nc(NN)c(F)cc1F. The molecule has 0 aliphatic carbocycles. The number of nitrogens with one attached hydrogen (secondary N) is 2. The summed E-state index contributed by atoms with van der Waals surface area (Å²) in [6, 6.07) is 0.592. The van der Waals surface area contributed by atoms with Gasteiger partial charge in [-0.05, 0) is 11.8 Å². The van der Waals surface area contributed by atoms with Crippen LogP contribution in [-0.2, 0) is 7.05 Å². The number of hydrogen-bond acceptors (Lipinski definition) is 7. The van der Waals surface area contributed by atoms with E-state index in [1.54, 1.807) is 0 Å². The van der Waals surface area contributed by atoms with Crippen molar-refractivity contribution in [3.05, 3.63) is 38.4 Å². The molecule has 106 valence electrons. The number of nitrogens with zero attached hydrogens (tertiary/aromatic N) is 3. The molecular formula is C9H8F2N6O2S. The highest BCUT2D eigenvalue weighted by Gasteiger charge is 2.15. The Morgan fingerprint density at radius 1 is 1.35 bits per heavy atom. The number of rotatable bonds is 3. The van der Waals surface area contributed by atoms with Gasteiger partial charge in [-0.2, -0.15) is 4.98 Å². The highest BCUT2D eigenvalue weighted by Crippen LogP contribution is 2.27. The van der Waals surface area contributed by atoms with E-state index in [9.17, 15) is 18.4 Å². The molecule has 2 aromatic rings. The molecule has 0 aliphatic heterocycles. The van der Waals surface area contributed by atoms with Gasteiger partial charge < -0.3 is 5.43 Å². The standard InChI is InChI=1S/C9H8F2N6O2S/c1-17-9(14-6(18)7(19)16-17)20-8-4(11)2-3(10)5(13-8)15-12/h2H,12H2,1H3,(H,13,15)(H,16,19). The molecule has 8 nitrogen and oxygen atoms in total. The fourth-order valence-corrected chi connectivity index (χ4v) is 2.04. The van der Waals surface area contributed by atoms with Crippen LogP contribution in [0.25, 0.3) is 0 Å². The summed E-state index contributed by atoms with van der Waals surface area (Å²) in [4.78, 5) is 29.3. The molecule has 11 heteroatoms. The third kappa shape index (κ3) is 2.67. The normalized spacial score (nSPS) is 10.6. The number of halogens is 2. The number of nitrogens with two attached hydrogens (primary N) is 1. The molecule has 0 fully saturated rings. The van der Waals surface area contributed by atoms with Crippen LogP contribution in [0.4, 0.5) is 14.6 Å². The van der Waals surface area contributed by atoms with Gasteiger partial charge in [0.2, 0.25) is 0 Å². The second kappa shape index (κ2) is 5.38. The van der Waals surface area contributed by atoms with Crippen molar-refractivity contribution in [2.75, 3.05) is 5.43 Å². The molecule has 0 radical (unpaired) electrons. The zero-order valence-electron chi connectivity index (χ0n) is 9.98. The maximum atomic E-state index is 13.6. The van der Waals surface area contributed by atoms with E-state index in [-0.39, 0.29) is 16.0 Å². The number of nitrogen functional groups attached to an aromatic ring is 1. The van der Waals surface area contributed by atoms with E-state index in [1.165, 1.54) is 7.05 Å². The summed E-state index contributed by atoms with van der Waals surface area (Å²) >= 11 is 0.635. The summed E-state index contributed by atoms with van der Waals surface area (Å²) in [5, 5.41) is 1.91. The summed E-state index contributed by atoms with van der Waals surface area (Å²) in [6.45, 7) is 0. The van der Waals surface area contributed by atoms with Crippen LogP contribution < -0.4 is 22.4 Å². The Bertz CT molecular complexity index is 774. The molecule has 0 saturated heterocycles. The zero-order valence-corrected chi connectivity index (χ0v) is 10.8. The Hall–Kier alpha value is -2.27. The quantitative estimate of drug-likeness (QED) is 0.400. The summed E-state index contributed by atoms with van der Waals surface area (Å²) in [5.41, 5.74) is 0.0394. The fourth-order valence-electron chi connectivity index (χ4n) is 1.26. The summed E-state index contributed by atoms with van der Waals surface area (Å²) in [6.07, 6.45) is 0. The van der Waals surface area contributed by atoms with Crippen molar-refractivity contribution in [2.45, 2.75) is 10.2 Å². The molecule has 2 aromatic heterocycles. The van der Waals surface area contributed by atoms with Crippen LogP contribution >= 0.6 is 11.8 Å². The number of aromatic amines is 1. The average Bonchev–Trinajstić information content (AvgIpc) is 2.38. The molecule has 0 amide bonds. The van der Waals surface area contributed by atoms with Gasteiger partial charge in [0.1, 0.15) is 5.03 Å². The second-order valence-electron chi connectivity index (χ2n) is 3.55. The van der Waals surface area contributed by atoms with Gasteiger partial charge >= 0.3 is 11.1 Å². The molecule has 2 heterocycles. The van der Waals surface area contributed by atoms with E-state index in [2.05, 4.69) is 15.1 Å². The van der Waals surface area contributed by atoms with Gasteiger partial charge in [0.15, 0.2) is 22.6 Å². The Kier molecular flexibility index (Phi) is 3.81. The first-order chi connectivity index (χ1) is 9.42. The third-order valence-corrected chi connectivity index (χ3v) is 3.20. The lowest BCUT2D eigenvalue weighted by molar-refractivity contribution is 0.548. The van der Waals surface area contributed by atoms with Crippen molar-refractivity contribution in [1.29, 1.82) is 0 Å². The lowest BCUT2D eigenvalue weighted by atomic mass is 10.4. The van der Waals surface area contributed by atoms with Crippen molar-refractivity contribution in [2.24, 2.45) is 12.9 Å². The molecule has 0 unspecified atom stereocenters. The third-order valence-electron chi connectivity index (χ3n) is 2.17. The van der Waals surface area contributed by atoms with Crippen molar-refractivity contribution in [3.63, 3.8) is 0 Å². The van der Waals surface area contributed by atoms with Crippen molar-refractivity contribution < 1.29 is 8.78 Å². The van der Waals surface area contributed by atoms with Crippen LogP contribution in [0.5, 0.6) is 0 Å². The van der Waals surface area contributed by atoms with Crippen molar-refractivity contribution in [1.82, 2.24) is 19.7 Å². The van der Waals surface area contributed by atoms with E-state index in [0.717, 1.165) is 4.68 Å². The first kappa shape index (κ1) is 14.1. The smallest absolute Gasteiger partial charge is 0.306 e. The van der Waals surface area contributed by atoms with Gasteiger partial charge in [0.05, 0.1) is 0 Å². The molecule has 0 aliphatic rings. The maximum Gasteiger partial charge on any atom is 0.339 e. The number of anilines is 1. The molecule has 4 N–H and O–H groups in total. The van der Waals surface area contributed by atoms with Gasteiger partial charge in [-0.1, -0.05) is 0 Å². The number of aromatic nitrogens is 4. The number of H-pyrrole nitrogens is 1. The number of aryl methyl sites for hydroxylation is 1. The number of hydrogen-bond donors (Lipinski definition) is 3. The molecule has 20 heavy (non-hydrogen) atoms. The monoisotopic (exact) mass is 302 g/mol. The van der Waals surface area contributed by atoms with Crippen LogP contribution in [0.1, 0.15) is 0 Å². The molecule has 0 spiro atoms. The molecule has 0 bridgehead atoms. The minimum atomic E-state index is -1.02. The van der Waals surface area contributed by atoms with Crippen LogP contribution in [0.3, 0.4) is 0 Å². The summed E-state index contributed by atoms with van der Waals surface area (Å²) < 4.78 is 27.9. The highest BCUT2D eigenvalue weighted by atomic mass is 32.2.